The summed E-state index contributed by atoms with van der Waals surface area (Å²) in [6.45, 7) is 30.0. The molecule has 0 N–H and O–H groups in total. The van der Waals surface area contributed by atoms with Crippen molar-refractivity contribution in [2.24, 2.45) is 0 Å². The van der Waals surface area contributed by atoms with Crippen LogP contribution >= 0.6 is 11.3 Å². The molecule has 3 nitrogen and oxygen atoms in total. The van der Waals surface area contributed by atoms with Gasteiger partial charge in [0.05, 0.1) is 11.4 Å². The van der Waals surface area contributed by atoms with E-state index in [1.165, 1.54) is 104 Å². The highest BCUT2D eigenvalue weighted by atomic mass is 32.1. The highest BCUT2D eigenvalue weighted by Gasteiger charge is 2.46. The Balaban J connectivity index is 1.19. The van der Waals surface area contributed by atoms with E-state index >= 15 is 0 Å². The summed E-state index contributed by atoms with van der Waals surface area (Å²) in [7, 11) is 0. The molecule has 0 aliphatic carbocycles. The molecule has 3 heterocycles. The van der Waals surface area contributed by atoms with E-state index in [-0.39, 0.29) is 28.4 Å². The number of hydrogen-bond donors (Lipinski definition) is 0. The van der Waals surface area contributed by atoms with Crippen molar-refractivity contribution in [2.45, 2.75) is 118 Å². The van der Waals surface area contributed by atoms with E-state index in [1.807, 2.05) is 11.3 Å². The van der Waals surface area contributed by atoms with Crippen LogP contribution in [0.15, 0.2) is 188 Å². The normalized spacial score (nSPS) is 13.5. The first-order chi connectivity index (χ1) is 36.7. The Morgan fingerprint density at radius 3 is 1.51 bits per heavy atom. The van der Waals surface area contributed by atoms with Gasteiger partial charge in [-0.15, -0.1) is 11.3 Å². The maximum Gasteiger partial charge on any atom is 0.264 e. The predicted octanol–water partition coefficient (Wildman–Crippen LogP) is 19.0. The van der Waals surface area contributed by atoms with Gasteiger partial charge >= 0.3 is 0 Å². The lowest BCUT2D eigenvalue weighted by Gasteiger charge is -2.44. The van der Waals surface area contributed by atoms with E-state index in [9.17, 15) is 0 Å². The van der Waals surface area contributed by atoms with E-state index in [0.29, 0.717) is 0 Å². The van der Waals surface area contributed by atoms with Crippen molar-refractivity contribution in [1.29, 1.82) is 0 Å². The maximum atomic E-state index is 2.66. The van der Waals surface area contributed by atoms with Gasteiger partial charge in [0.2, 0.25) is 0 Å². The molecule has 0 bridgehead atoms. The van der Waals surface area contributed by atoms with Crippen molar-refractivity contribution >= 4 is 106 Å². The Labute approximate surface area is 462 Å². The van der Waals surface area contributed by atoms with Gasteiger partial charge in [-0.1, -0.05) is 193 Å². The molecule has 1 aromatic heterocycles. The van der Waals surface area contributed by atoms with Crippen LogP contribution in [0.1, 0.15) is 118 Å². The zero-order valence-corrected chi connectivity index (χ0v) is 48.2. The Morgan fingerprint density at radius 1 is 0.442 bits per heavy atom. The molecule has 0 unspecified atom stereocenters. The summed E-state index contributed by atoms with van der Waals surface area (Å²) in [6, 6.07) is 72.5. The van der Waals surface area contributed by atoms with Crippen molar-refractivity contribution in [2.75, 3.05) is 14.7 Å². The Morgan fingerprint density at radius 2 is 0.948 bits per heavy atom. The van der Waals surface area contributed by atoms with Crippen LogP contribution in [0.2, 0.25) is 0 Å². The van der Waals surface area contributed by atoms with E-state index in [4.69, 9.17) is 0 Å². The monoisotopic (exact) mass is 1020 g/mol. The summed E-state index contributed by atoms with van der Waals surface area (Å²) in [5, 5.41) is 3.75. The lowest BCUT2D eigenvalue weighted by Crippen LogP contribution is -2.60. The van der Waals surface area contributed by atoms with Gasteiger partial charge in [-0.05, 0) is 168 Å². The lowest BCUT2D eigenvalue weighted by atomic mass is 9.36. The predicted molar refractivity (Wildman–Crippen MR) is 338 cm³/mol. The fraction of sp³-hybridized carbons (Fsp3) is 0.250. The Hall–Kier alpha value is -7.34. The van der Waals surface area contributed by atoms with Gasteiger partial charge in [-0.25, -0.2) is 0 Å². The summed E-state index contributed by atoms with van der Waals surface area (Å²) >= 11 is 1.98. The Bertz CT molecular complexity index is 3820. The molecule has 77 heavy (non-hydrogen) atoms. The number of nitrogens with zero attached hydrogens (tertiary/aromatic N) is 3. The van der Waals surface area contributed by atoms with Crippen LogP contribution in [0.4, 0.5) is 51.2 Å². The van der Waals surface area contributed by atoms with Crippen LogP contribution < -0.4 is 30.4 Å². The van der Waals surface area contributed by atoms with Crippen LogP contribution in [-0.4, -0.2) is 6.71 Å². The van der Waals surface area contributed by atoms with E-state index < -0.39 is 0 Å². The number of benzene rings is 9. The van der Waals surface area contributed by atoms with Crippen molar-refractivity contribution in [3.05, 3.63) is 216 Å². The fourth-order valence-electron chi connectivity index (χ4n) is 11.9. The second-order valence-corrected chi connectivity index (χ2v) is 26.9. The highest BCUT2D eigenvalue weighted by Crippen LogP contribution is 2.52. The molecule has 0 spiro atoms. The summed E-state index contributed by atoms with van der Waals surface area (Å²) in [4.78, 5) is 7.77. The fourth-order valence-corrected chi connectivity index (χ4v) is 13.2. The standard InChI is InChI=1S/C72H72BN3S/c1-14-46-40-63-66-64(41-46)76(61-43-49-23-19-18-22-48(49)42-58(61)47-20-16-15-17-21-47)62-45-57(74(54-31-24-50(25-32-54)69(2,3)4)55-33-26-51(27-34-55)70(5,6)7)37-38-60(62)73(66)68-67(59-44-53(72(11,12)13)30-39-65(59)77-68)75(63)56-35-28-52(29-36-56)71(8,9)10/h15-45H,14H2,1-13H3. The number of thiophene rings is 1. The molecule has 0 amide bonds. The van der Waals surface area contributed by atoms with Gasteiger partial charge in [-0.3, -0.25) is 0 Å². The Kier molecular flexibility index (Phi) is 12.1. The summed E-state index contributed by atoms with van der Waals surface area (Å²) in [5.74, 6) is 0. The van der Waals surface area contributed by atoms with Gasteiger partial charge < -0.3 is 14.7 Å². The average molecular weight is 1020 g/mol. The van der Waals surface area contributed by atoms with Gasteiger partial charge in [0.15, 0.2) is 0 Å². The third kappa shape index (κ3) is 8.85. The van der Waals surface area contributed by atoms with Crippen molar-refractivity contribution in [1.82, 2.24) is 0 Å². The second kappa shape index (κ2) is 18.4. The first-order valence-electron chi connectivity index (χ1n) is 27.8. The van der Waals surface area contributed by atoms with Crippen molar-refractivity contribution < 1.29 is 0 Å². The molecule has 5 heteroatoms. The highest BCUT2D eigenvalue weighted by molar-refractivity contribution is 7.33. The third-order valence-corrected chi connectivity index (χ3v) is 17.6. The minimum Gasteiger partial charge on any atom is -0.311 e. The summed E-state index contributed by atoms with van der Waals surface area (Å²) < 4.78 is 2.70. The van der Waals surface area contributed by atoms with Crippen LogP contribution in [0.5, 0.6) is 0 Å². The SMILES string of the molecule is CCc1cc2c3c(c1)N(c1ccc(C(C)(C)C)cc1)c1c(sc4ccc(C(C)(C)C)cc14)B3c1ccc(N(c3ccc(C(C)(C)C)cc3)c3ccc(C(C)(C)C)cc3)cc1N2c1cc2ccccc2cc1-c1ccccc1. The molecule has 10 aromatic rings. The first-order valence-corrected chi connectivity index (χ1v) is 28.7. The van der Waals surface area contributed by atoms with Crippen molar-refractivity contribution in [3.8, 4) is 11.1 Å². The van der Waals surface area contributed by atoms with E-state index in [0.717, 1.165) is 29.2 Å². The van der Waals surface area contributed by atoms with Crippen LogP contribution in [0, 0.1) is 0 Å². The molecule has 0 saturated carbocycles. The molecule has 0 radical (unpaired) electrons. The van der Waals surface area contributed by atoms with E-state index in [2.05, 4.69) is 293 Å². The first kappa shape index (κ1) is 50.5. The summed E-state index contributed by atoms with van der Waals surface area (Å²) in [5.41, 5.74) is 22.4. The number of fused-ring (bicyclic) bond motifs is 7. The largest absolute Gasteiger partial charge is 0.311 e. The second-order valence-electron chi connectivity index (χ2n) is 25.8. The maximum absolute atomic E-state index is 2.66. The van der Waals surface area contributed by atoms with Gasteiger partial charge in [-0.2, -0.15) is 0 Å². The zero-order chi connectivity index (χ0) is 53.9. The summed E-state index contributed by atoms with van der Waals surface area (Å²) in [6.07, 6.45) is 0.889. The molecule has 0 fully saturated rings. The van der Waals surface area contributed by atoms with Crippen LogP contribution in [0.3, 0.4) is 0 Å². The van der Waals surface area contributed by atoms with Gasteiger partial charge in [0, 0.05) is 60.2 Å². The minimum atomic E-state index is -0.0342. The molecule has 9 aromatic carbocycles. The minimum absolute atomic E-state index is 0.0199. The number of aryl methyl sites for hydroxylation is 1. The van der Waals surface area contributed by atoms with E-state index in [1.54, 1.807) is 0 Å². The average Bonchev–Trinajstić information content (AvgIpc) is 4.08. The number of anilines is 9. The topological polar surface area (TPSA) is 9.72 Å². The smallest absolute Gasteiger partial charge is 0.264 e. The molecule has 2 aliphatic heterocycles. The quantitative estimate of drug-likeness (QED) is 0.147. The molecule has 0 atom stereocenters. The molecular formula is C72H72BN3S. The zero-order valence-electron chi connectivity index (χ0n) is 47.4. The molecule has 384 valence electrons. The van der Waals surface area contributed by atoms with Crippen LogP contribution in [0.25, 0.3) is 32.0 Å². The number of hydrogen-bond acceptors (Lipinski definition) is 4. The molecule has 2 aliphatic rings. The van der Waals surface area contributed by atoms with Crippen molar-refractivity contribution in [3.63, 3.8) is 0 Å². The lowest BCUT2D eigenvalue weighted by molar-refractivity contribution is 0.590. The van der Waals surface area contributed by atoms with Gasteiger partial charge in [0.1, 0.15) is 0 Å². The van der Waals surface area contributed by atoms with Gasteiger partial charge in [0.25, 0.3) is 6.71 Å². The van der Waals surface area contributed by atoms with Crippen LogP contribution in [-0.2, 0) is 28.1 Å². The molecular weight excluding hydrogens is 950 g/mol. The third-order valence-electron chi connectivity index (χ3n) is 16.4. The molecule has 0 saturated heterocycles. The number of rotatable bonds is 7. The molecule has 12 rings (SSSR count).